The van der Waals surface area contributed by atoms with E-state index in [4.69, 9.17) is 4.79 Å². The average molecular weight is 312 g/mol. The van der Waals surface area contributed by atoms with Crippen molar-refractivity contribution in [2.75, 3.05) is 0 Å². The zero-order valence-corrected chi connectivity index (χ0v) is 13.0. The Balaban J connectivity index is 0.000000332. The highest BCUT2D eigenvalue weighted by Gasteiger charge is 2.11. The first-order chi connectivity index (χ1) is 11.7. The van der Waals surface area contributed by atoms with E-state index in [1.54, 1.807) is 0 Å². The standard InChI is InChI=1S/C20H12.CH4N2O/c1-5-13-6-2-11-17-18-12-4-8-14-7-3-10-16(20(14)18)15(9-1)19(13)17;2-1(3)4/h1-12H;(H4,2,3,4). The Morgan fingerprint density at radius 3 is 1.04 bits per heavy atom. The van der Waals surface area contributed by atoms with Gasteiger partial charge in [-0.1, -0.05) is 72.8 Å². The van der Waals surface area contributed by atoms with Crippen molar-refractivity contribution >= 4 is 49.1 Å². The number of fused-ring (bicyclic) bond motifs is 2. The predicted octanol–water partition coefficient (Wildman–Crippen LogP) is 4.76. The van der Waals surface area contributed by atoms with Crippen LogP contribution in [-0.4, -0.2) is 6.03 Å². The van der Waals surface area contributed by atoms with Gasteiger partial charge in [-0.15, -0.1) is 0 Å². The number of urea groups is 1. The van der Waals surface area contributed by atoms with Gasteiger partial charge in [0.2, 0.25) is 0 Å². The van der Waals surface area contributed by atoms with Gasteiger partial charge in [-0.3, -0.25) is 0 Å². The van der Waals surface area contributed by atoms with Gasteiger partial charge in [-0.2, -0.15) is 0 Å². The van der Waals surface area contributed by atoms with Gasteiger partial charge in [0.15, 0.2) is 0 Å². The van der Waals surface area contributed by atoms with Gasteiger partial charge < -0.3 is 11.5 Å². The molecule has 0 saturated heterocycles. The largest absolute Gasteiger partial charge is 0.352 e. The molecular weight excluding hydrogens is 296 g/mol. The van der Waals surface area contributed by atoms with Gasteiger partial charge in [-0.25, -0.2) is 4.79 Å². The topological polar surface area (TPSA) is 69.1 Å². The third-order valence-electron chi connectivity index (χ3n) is 4.39. The molecule has 116 valence electrons. The molecule has 5 rings (SSSR count). The molecule has 0 aliphatic carbocycles. The monoisotopic (exact) mass is 312 g/mol. The van der Waals surface area contributed by atoms with E-state index in [0.29, 0.717) is 0 Å². The van der Waals surface area contributed by atoms with E-state index >= 15 is 0 Å². The fourth-order valence-corrected chi connectivity index (χ4v) is 3.58. The first-order valence-electron chi connectivity index (χ1n) is 7.76. The summed E-state index contributed by atoms with van der Waals surface area (Å²) in [4.78, 5) is 9.00. The fourth-order valence-electron chi connectivity index (χ4n) is 3.58. The van der Waals surface area contributed by atoms with Crippen LogP contribution in [0.4, 0.5) is 4.79 Å². The Kier molecular flexibility index (Phi) is 3.21. The summed E-state index contributed by atoms with van der Waals surface area (Å²) in [6.07, 6.45) is 0. The van der Waals surface area contributed by atoms with Crippen LogP contribution in [0.1, 0.15) is 0 Å². The molecule has 0 atom stereocenters. The van der Waals surface area contributed by atoms with E-state index in [2.05, 4.69) is 84.3 Å². The van der Waals surface area contributed by atoms with E-state index in [0.717, 1.165) is 0 Å². The van der Waals surface area contributed by atoms with Crippen molar-refractivity contribution in [2.24, 2.45) is 11.5 Å². The van der Waals surface area contributed by atoms with Crippen LogP contribution >= 0.6 is 0 Å². The summed E-state index contributed by atoms with van der Waals surface area (Å²) in [5, 5.41) is 10.9. The van der Waals surface area contributed by atoms with Crippen molar-refractivity contribution in [1.29, 1.82) is 0 Å². The normalized spacial score (nSPS) is 11.0. The third-order valence-corrected chi connectivity index (χ3v) is 4.39. The number of carbonyl (C=O) groups is 1. The van der Waals surface area contributed by atoms with Crippen molar-refractivity contribution in [2.45, 2.75) is 0 Å². The van der Waals surface area contributed by atoms with Crippen molar-refractivity contribution in [3.8, 4) is 0 Å². The van der Waals surface area contributed by atoms with Crippen LogP contribution in [0.25, 0.3) is 43.1 Å². The lowest BCUT2D eigenvalue weighted by Gasteiger charge is -2.13. The molecule has 0 unspecified atom stereocenters. The summed E-state index contributed by atoms with van der Waals surface area (Å²) in [5.41, 5.74) is 8.50. The Bertz CT molecular complexity index is 1020. The summed E-state index contributed by atoms with van der Waals surface area (Å²) in [5.74, 6) is 0. The van der Waals surface area contributed by atoms with E-state index in [9.17, 15) is 0 Å². The van der Waals surface area contributed by atoms with Crippen LogP contribution in [-0.2, 0) is 0 Å². The Labute approximate surface area is 138 Å². The average Bonchev–Trinajstić information content (AvgIpc) is 2.59. The third kappa shape index (κ3) is 2.10. The zero-order chi connectivity index (χ0) is 16.7. The number of hydrogen-bond donors (Lipinski definition) is 2. The molecule has 3 nitrogen and oxygen atoms in total. The molecule has 0 radical (unpaired) electrons. The van der Waals surface area contributed by atoms with Gasteiger partial charge in [-0.05, 0) is 43.1 Å². The highest BCUT2D eigenvalue weighted by atomic mass is 16.2. The number of carbonyl (C=O) groups excluding carboxylic acids is 1. The van der Waals surface area contributed by atoms with Crippen LogP contribution in [0.15, 0.2) is 72.8 Å². The highest BCUT2D eigenvalue weighted by molar-refractivity contribution is 6.32. The SMILES string of the molecule is NC(N)=O.c1cc2cccc3c4cccc5cccc(c(c1)c23)c54. The Morgan fingerprint density at radius 2 is 0.792 bits per heavy atom. The molecule has 0 fully saturated rings. The first-order valence-corrected chi connectivity index (χ1v) is 7.76. The molecule has 3 heteroatoms. The van der Waals surface area contributed by atoms with Crippen molar-refractivity contribution in [1.82, 2.24) is 0 Å². The summed E-state index contributed by atoms with van der Waals surface area (Å²) in [7, 11) is 0. The number of benzene rings is 5. The molecule has 0 aliphatic heterocycles. The number of nitrogens with two attached hydrogens (primary N) is 2. The van der Waals surface area contributed by atoms with E-state index in [1.807, 2.05) is 0 Å². The molecule has 0 saturated carbocycles. The van der Waals surface area contributed by atoms with Gasteiger partial charge in [0, 0.05) is 0 Å². The molecule has 0 spiro atoms. The van der Waals surface area contributed by atoms with E-state index < -0.39 is 6.03 Å². The lowest BCUT2D eigenvalue weighted by Crippen LogP contribution is -2.18. The van der Waals surface area contributed by atoms with Crippen molar-refractivity contribution in [3.63, 3.8) is 0 Å². The molecular formula is C21H16N2O. The molecule has 4 N–H and O–H groups in total. The molecule has 5 aromatic rings. The van der Waals surface area contributed by atoms with E-state index in [-0.39, 0.29) is 0 Å². The van der Waals surface area contributed by atoms with Crippen molar-refractivity contribution in [3.05, 3.63) is 72.8 Å². The minimum Gasteiger partial charge on any atom is -0.352 e. The maximum Gasteiger partial charge on any atom is 0.309 e. The first kappa shape index (κ1) is 14.3. The summed E-state index contributed by atoms with van der Waals surface area (Å²) in [6, 6.07) is 25.6. The fraction of sp³-hybridized carbons (Fsp3) is 0. The highest BCUT2D eigenvalue weighted by Crippen LogP contribution is 2.39. The van der Waals surface area contributed by atoms with Crippen LogP contribution in [0.3, 0.4) is 0 Å². The van der Waals surface area contributed by atoms with Crippen molar-refractivity contribution < 1.29 is 4.79 Å². The maximum atomic E-state index is 9.00. The molecule has 2 amide bonds. The zero-order valence-electron chi connectivity index (χ0n) is 13.0. The minimum atomic E-state index is -0.833. The van der Waals surface area contributed by atoms with Gasteiger partial charge in [0.25, 0.3) is 0 Å². The predicted molar refractivity (Wildman–Crippen MR) is 101 cm³/mol. The Morgan fingerprint density at radius 1 is 0.542 bits per heavy atom. The summed E-state index contributed by atoms with van der Waals surface area (Å²) < 4.78 is 0. The quantitative estimate of drug-likeness (QED) is 0.314. The van der Waals surface area contributed by atoms with Crippen LogP contribution in [0.5, 0.6) is 0 Å². The number of amides is 2. The number of primary amides is 2. The van der Waals surface area contributed by atoms with Crippen LogP contribution in [0, 0.1) is 0 Å². The lowest BCUT2D eigenvalue weighted by molar-refractivity contribution is 0.256. The molecule has 5 aromatic carbocycles. The van der Waals surface area contributed by atoms with Gasteiger partial charge in [0.1, 0.15) is 0 Å². The second-order valence-electron chi connectivity index (χ2n) is 5.82. The van der Waals surface area contributed by atoms with E-state index in [1.165, 1.54) is 43.1 Å². The van der Waals surface area contributed by atoms with Crippen LogP contribution < -0.4 is 11.5 Å². The molecule has 0 aliphatic rings. The number of rotatable bonds is 0. The lowest BCUT2D eigenvalue weighted by atomic mass is 9.90. The smallest absolute Gasteiger partial charge is 0.309 e. The summed E-state index contributed by atoms with van der Waals surface area (Å²) in [6.45, 7) is 0. The molecule has 0 bridgehead atoms. The van der Waals surface area contributed by atoms with Gasteiger partial charge >= 0.3 is 6.03 Å². The molecule has 0 heterocycles. The van der Waals surface area contributed by atoms with Crippen LogP contribution in [0.2, 0.25) is 0 Å². The maximum absolute atomic E-state index is 9.00. The summed E-state index contributed by atoms with van der Waals surface area (Å²) >= 11 is 0. The second kappa shape index (κ2) is 5.39. The second-order valence-corrected chi connectivity index (χ2v) is 5.82. The molecule has 0 aromatic heterocycles. The molecule has 24 heavy (non-hydrogen) atoms. The Hall–Kier alpha value is -3.33. The minimum absolute atomic E-state index is 0.833. The van der Waals surface area contributed by atoms with Gasteiger partial charge in [0.05, 0.1) is 0 Å². The number of hydrogen-bond acceptors (Lipinski definition) is 1.